The fourth-order valence-corrected chi connectivity index (χ4v) is 2.64. The monoisotopic (exact) mass is 394 g/mol. The number of nitrogens with zero attached hydrogens (tertiary/aromatic N) is 1. The van der Waals surface area contributed by atoms with Gasteiger partial charge in [0.15, 0.2) is 0 Å². The molecule has 0 aromatic heterocycles. The standard InChI is InChI=1S/C22H19ClN2O3/c1-27-19-11-9-16(10-12-19)14-24-25-22(26)18-6-4-5-17(13-18)15-28-21-8-3-2-7-20(21)23/h2-14H,15H2,1H3,(H,25,26)/b24-14-. The quantitative estimate of drug-likeness (QED) is 0.467. The number of amides is 1. The molecular formula is C22H19ClN2O3. The summed E-state index contributed by atoms with van der Waals surface area (Å²) in [6, 6.07) is 21.8. The molecule has 0 aliphatic rings. The van der Waals surface area contributed by atoms with Gasteiger partial charge in [-0.05, 0) is 59.7 Å². The van der Waals surface area contributed by atoms with E-state index < -0.39 is 0 Å². The molecule has 0 heterocycles. The van der Waals surface area contributed by atoms with Gasteiger partial charge in [-0.1, -0.05) is 35.9 Å². The number of hydrogen-bond donors (Lipinski definition) is 1. The summed E-state index contributed by atoms with van der Waals surface area (Å²) in [7, 11) is 1.61. The number of hydrazone groups is 1. The maximum atomic E-state index is 12.3. The Labute approximate surface area is 168 Å². The number of hydrogen-bond acceptors (Lipinski definition) is 4. The third-order valence-electron chi connectivity index (χ3n) is 3.92. The molecule has 0 saturated heterocycles. The first-order valence-electron chi connectivity index (χ1n) is 8.59. The van der Waals surface area contributed by atoms with Crippen LogP contribution in [0.5, 0.6) is 11.5 Å². The van der Waals surface area contributed by atoms with E-state index in [1.54, 1.807) is 43.7 Å². The molecule has 0 fully saturated rings. The number of ether oxygens (including phenoxy) is 2. The molecule has 0 atom stereocenters. The zero-order valence-electron chi connectivity index (χ0n) is 15.3. The summed E-state index contributed by atoms with van der Waals surface area (Å²) in [6.07, 6.45) is 1.57. The van der Waals surface area contributed by atoms with E-state index in [0.717, 1.165) is 16.9 Å². The van der Waals surface area contributed by atoms with Crippen LogP contribution in [0.15, 0.2) is 77.9 Å². The second-order valence-corrected chi connectivity index (χ2v) is 6.30. The highest BCUT2D eigenvalue weighted by Crippen LogP contribution is 2.24. The SMILES string of the molecule is COc1ccc(/C=N\NC(=O)c2cccc(COc3ccccc3Cl)c2)cc1. The van der Waals surface area contributed by atoms with Crippen LogP contribution in [-0.4, -0.2) is 19.2 Å². The van der Waals surface area contributed by atoms with Crippen LogP contribution in [0.1, 0.15) is 21.5 Å². The van der Waals surface area contributed by atoms with Crippen molar-refractivity contribution in [3.05, 3.63) is 94.5 Å². The van der Waals surface area contributed by atoms with E-state index >= 15 is 0 Å². The van der Waals surface area contributed by atoms with Gasteiger partial charge in [-0.2, -0.15) is 5.10 Å². The van der Waals surface area contributed by atoms with Crippen molar-refractivity contribution in [1.29, 1.82) is 0 Å². The van der Waals surface area contributed by atoms with Gasteiger partial charge in [-0.25, -0.2) is 5.43 Å². The molecule has 28 heavy (non-hydrogen) atoms. The van der Waals surface area contributed by atoms with Crippen LogP contribution in [0.25, 0.3) is 0 Å². The third kappa shape index (κ3) is 5.34. The van der Waals surface area contributed by atoms with Crippen molar-refractivity contribution >= 4 is 23.7 Å². The van der Waals surface area contributed by atoms with Crippen LogP contribution in [0, 0.1) is 0 Å². The van der Waals surface area contributed by atoms with E-state index in [1.165, 1.54) is 0 Å². The molecule has 0 aliphatic carbocycles. The predicted molar refractivity (Wildman–Crippen MR) is 110 cm³/mol. The molecule has 3 aromatic carbocycles. The Morgan fingerprint density at radius 1 is 1.07 bits per heavy atom. The Balaban J connectivity index is 1.58. The van der Waals surface area contributed by atoms with Crippen LogP contribution in [0.4, 0.5) is 0 Å². The van der Waals surface area contributed by atoms with Crippen molar-refractivity contribution in [2.45, 2.75) is 6.61 Å². The van der Waals surface area contributed by atoms with E-state index in [4.69, 9.17) is 21.1 Å². The highest BCUT2D eigenvalue weighted by Gasteiger charge is 2.06. The second kappa shape index (κ2) is 9.58. The molecule has 5 nitrogen and oxygen atoms in total. The number of halogens is 1. The molecule has 3 aromatic rings. The lowest BCUT2D eigenvalue weighted by atomic mass is 10.1. The molecule has 142 valence electrons. The van der Waals surface area contributed by atoms with E-state index in [1.807, 2.05) is 42.5 Å². The maximum absolute atomic E-state index is 12.3. The molecule has 3 rings (SSSR count). The van der Waals surface area contributed by atoms with Gasteiger partial charge in [0.1, 0.15) is 18.1 Å². The fraction of sp³-hybridized carbons (Fsp3) is 0.0909. The number of methoxy groups -OCH3 is 1. The van der Waals surface area contributed by atoms with Gasteiger partial charge in [0.2, 0.25) is 0 Å². The van der Waals surface area contributed by atoms with Gasteiger partial charge in [0.05, 0.1) is 18.3 Å². The summed E-state index contributed by atoms with van der Waals surface area (Å²) in [5, 5.41) is 4.54. The van der Waals surface area contributed by atoms with Gasteiger partial charge >= 0.3 is 0 Å². The topological polar surface area (TPSA) is 59.9 Å². The van der Waals surface area contributed by atoms with Gasteiger partial charge in [0, 0.05) is 5.56 Å². The van der Waals surface area contributed by atoms with Gasteiger partial charge in [-0.15, -0.1) is 0 Å². The molecular weight excluding hydrogens is 376 g/mol. The Bertz CT molecular complexity index is 972. The van der Waals surface area contributed by atoms with Crippen molar-refractivity contribution in [1.82, 2.24) is 5.43 Å². The number of nitrogens with one attached hydrogen (secondary N) is 1. The van der Waals surface area contributed by atoms with Crippen LogP contribution >= 0.6 is 11.6 Å². The summed E-state index contributed by atoms with van der Waals surface area (Å²) >= 11 is 6.08. The molecule has 0 unspecified atom stereocenters. The molecule has 6 heteroatoms. The second-order valence-electron chi connectivity index (χ2n) is 5.89. The van der Waals surface area contributed by atoms with E-state index in [2.05, 4.69) is 10.5 Å². The zero-order valence-corrected chi connectivity index (χ0v) is 16.0. The summed E-state index contributed by atoms with van der Waals surface area (Å²) in [6.45, 7) is 0.306. The van der Waals surface area contributed by atoms with Crippen LogP contribution in [-0.2, 0) is 6.61 Å². The molecule has 0 bridgehead atoms. The summed E-state index contributed by atoms with van der Waals surface area (Å²) in [4.78, 5) is 12.3. The molecule has 0 radical (unpaired) electrons. The molecule has 0 spiro atoms. The Morgan fingerprint density at radius 2 is 1.86 bits per heavy atom. The lowest BCUT2D eigenvalue weighted by Crippen LogP contribution is -2.17. The zero-order chi connectivity index (χ0) is 19.8. The number of benzene rings is 3. The minimum absolute atomic E-state index is 0.302. The molecule has 0 saturated carbocycles. The first-order valence-corrected chi connectivity index (χ1v) is 8.97. The minimum Gasteiger partial charge on any atom is -0.497 e. The smallest absolute Gasteiger partial charge is 0.271 e. The molecule has 0 aliphatic heterocycles. The van der Waals surface area contributed by atoms with E-state index in [9.17, 15) is 4.79 Å². The molecule has 1 N–H and O–H groups in total. The first-order chi connectivity index (χ1) is 13.7. The van der Waals surface area contributed by atoms with E-state index in [0.29, 0.717) is 22.9 Å². The highest BCUT2D eigenvalue weighted by molar-refractivity contribution is 6.32. The third-order valence-corrected chi connectivity index (χ3v) is 4.23. The summed E-state index contributed by atoms with van der Waals surface area (Å²) in [5.74, 6) is 1.06. The summed E-state index contributed by atoms with van der Waals surface area (Å²) < 4.78 is 10.8. The van der Waals surface area contributed by atoms with Crippen LogP contribution < -0.4 is 14.9 Å². The minimum atomic E-state index is -0.302. The van der Waals surface area contributed by atoms with Gasteiger partial charge in [0.25, 0.3) is 5.91 Å². The van der Waals surface area contributed by atoms with Crippen molar-refractivity contribution in [3.63, 3.8) is 0 Å². The predicted octanol–water partition coefficient (Wildman–Crippen LogP) is 4.69. The Morgan fingerprint density at radius 3 is 2.61 bits per heavy atom. The van der Waals surface area contributed by atoms with Crippen molar-refractivity contribution in [2.75, 3.05) is 7.11 Å². The average molecular weight is 395 g/mol. The first kappa shape index (κ1) is 19.5. The number of carbonyl (C=O) groups excluding carboxylic acids is 1. The molecule has 1 amide bonds. The number of para-hydroxylation sites is 1. The largest absolute Gasteiger partial charge is 0.497 e. The van der Waals surface area contributed by atoms with Crippen molar-refractivity contribution in [2.24, 2.45) is 5.10 Å². The van der Waals surface area contributed by atoms with Crippen LogP contribution in [0.3, 0.4) is 0 Å². The van der Waals surface area contributed by atoms with Crippen molar-refractivity contribution < 1.29 is 14.3 Å². The fourth-order valence-electron chi connectivity index (χ4n) is 2.45. The normalized spacial score (nSPS) is 10.6. The Hall–Kier alpha value is -3.31. The average Bonchev–Trinajstić information content (AvgIpc) is 2.74. The number of carbonyl (C=O) groups is 1. The van der Waals surface area contributed by atoms with Crippen LogP contribution in [0.2, 0.25) is 5.02 Å². The number of rotatable bonds is 7. The van der Waals surface area contributed by atoms with Gasteiger partial charge < -0.3 is 9.47 Å². The maximum Gasteiger partial charge on any atom is 0.271 e. The lowest BCUT2D eigenvalue weighted by molar-refractivity contribution is 0.0955. The van der Waals surface area contributed by atoms with E-state index in [-0.39, 0.29) is 5.91 Å². The lowest BCUT2D eigenvalue weighted by Gasteiger charge is -2.08. The highest BCUT2D eigenvalue weighted by atomic mass is 35.5. The summed E-state index contributed by atoms with van der Waals surface area (Å²) in [5.41, 5.74) is 4.72. The van der Waals surface area contributed by atoms with Crippen molar-refractivity contribution in [3.8, 4) is 11.5 Å². The van der Waals surface area contributed by atoms with Gasteiger partial charge in [-0.3, -0.25) is 4.79 Å². The Kier molecular flexibility index (Phi) is 6.65.